The standard InChI is InChI=1S/C23H22FN3O2/c1-12(10-25)14-4-6-15(7-5-14)18-19-17-11-26-9-8-16(17)23(28)27-21(19)13(2)20(24)22(18)29-3/h4-9,11-12H,10,25H2,1-3H3,(H,27,28). The van der Waals surface area contributed by atoms with Crippen LogP contribution in [0.5, 0.6) is 5.75 Å². The van der Waals surface area contributed by atoms with E-state index in [2.05, 4.69) is 16.9 Å². The van der Waals surface area contributed by atoms with Crippen molar-refractivity contribution in [1.82, 2.24) is 9.97 Å². The molecule has 5 nitrogen and oxygen atoms in total. The van der Waals surface area contributed by atoms with E-state index >= 15 is 4.39 Å². The molecule has 0 amide bonds. The predicted octanol–water partition coefficient (Wildman–Crippen LogP) is 4.26. The summed E-state index contributed by atoms with van der Waals surface area (Å²) in [6.45, 7) is 4.23. The first-order valence-corrected chi connectivity index (χ1v) is 9.44. The number of halogens is 1. The lowest BCUT2D eigenvalue weighted by Crippen LogP contribution is -2.10. The fourth-order valence-electron chi connectivity index (χ4n) is 3.80. The number of rotatable bonds is 4. The highest BCUT2D eigenvalue weighted by atomic mass is 19.1. The molecule has 0 saturated carbocycles. The van der Waals surface area contributed by atoms with E-state index in [4.69, 9.17) is 10.5 Å². The molecule has 1 atom stereocenters. The molecule has 0 bridgehead atoms. The molecule has 2 aromatic heterocycles. The number of hydrogen-bond donors (Lipinski definition) is 2. The van der Waals surface area contributed by atoms with Crippen LogP contribution in [-0.4, -0.2) is 23.6 Å². The van der Waals surface area contributed by atoms with E-state index in [1.165, 1.54) is 7.11 Å². The van der Waals surface area contributed by atoms with Gasteiger partial charge in [-0.05, 0) is 36.6 Å². The van der Waals surface area contributed by atoms with Gasteiger partial charge < -0.3 is 15.5 Å². The Balaban J connectivity index is 2.16. The number of aromatic amines is 1. The summed E-state index contributed by atoms with van der Waals surface area (Å²) in [5, 5.41) is 1.86. The minimum atomic E-state index is -0.492. The lowest BCUT2D eigenvalue weighted by molar-refractivity contribution is 0.388. The molecule has 4 aromatic rings. The number of benzene rings is 2. The van der Waals surface area contributed by atoms with Crippen LogP contribution in [-0.2, 0) is 0 Å². The van der Waals surface area contributed by atoms with Crippen LogP contribution in [0, 0.1) is 12.7 Å². The first-order valence-electron chi connectivity index (χ1n) is 9.44. The van der Waals surface area contributed by atoms with E-state index in [0.717, 1.165) is 11.1 Å². The molecule has 0 aliphatic rings. The number of hydrogen-bond acceptors (Lipinski definition) is 4. The van der Waals surface area contributed by atoms with Crippen molar-refractivity contribution in [1.29, 1.82) is 0 Å². The van der Waals surface area contributed by atoms with Gasteiger partial charge in [0.2, 0.25) is 0 Å². The molecule has 2 heterocycles. The van der Waals surface area contributed by atoms with Crippen LogP contribution in [0.3, 0.4) is 0 Å². The molecule has 3 N–H and O–H groups in total. The highest BCUT2D eigenvalue weighted by Crippen LogP contribution is 2.43. The third kappa shape index (κ3) is 2.96. The fraction of sp³-hybridized carbons (Fsp3) is 0.217. The van der Waals surface area contributed by atoms with Crippen molar-refractivity contribution in [3.63, 3.8) is 0 Å². The molecule has 0 saturated heterocycles. The lowest BCUT2D eigenvalue weighted by Gasteiger charge is -2.18. The highest BCUT2D eigenvalue weighted by molar-refractivity contribution is 6.14. The predicted molar refractivity (Wildman–Crippen MR) is 114 cm³/mol. The quantitative estimate of drug-likeness (QED) is 0.509. The molecule has 1 unspecified atom stereocenters. The maximum atomic E-state index is 15.2. The van der Waals surface area contributed by atoms with Gasteiger partial charge in [0.15, 0.2) is 11.6 Å². The fourth-order valence-corrected chi connectivity index (χ4v) is 3.80. The maximum Gasteiger partial charge on any atom is 0.256 e. The number of aromatic nitrogens is 2. The smallest absolute Gasteiger partial charge is 0.256 e. The summed E-state index contributed by atoms with van der Waals surface area (Å²) in [7, 11) is 1.45. The van der Waals surface area contributed by atoms with Crippen molar-refractivity contribution in [3.8, 4) is 16.9 Å². The number of ether oxygens (including phenoxy) is 1. The second kappa shape index (κ2) is 7.29. The van der Waals surface area contributed by atoms with Gasteiger partial charge in [0, 0.05) is 34.3 Å². The van der Waals surface area contributed by atoms with Gasteiger partial charge in [0.1, 0.15) is 0 Å². The van der Waals surface area contributed by atoms with Crippen LogP contribution >= 0.6 is 0 Å². The van der Waals surface area contributed by atoms with E-state index in [1.807, 2.05) is 24.3 Å². The van der Waals surface area contributed by atoms with Gasteiger partial charge in [-0.25, -0.2) is 4.39 Å². The van der Waals surface area contributed by atoms with Crippen molar-refractivity contribution in [2.45, 2.75) is 19.8 Å². The SMILES string of the molecule is COc1c(F)c(C)c2[nH]c(=O)c3ccncc3c2c1-c1ccc(C(C)CN)cc1. The Morgan fingerprint density at radius 2 is 1.93 bits per heavy atom. The van der Waals surface area contributed by atoms with E-state index < -0.39 is 5.82 Å². The van der Waals surface area contributed by atoms with Gasteiger partial charge in [-0.1, -0.05) is 31.2 Å². The Morgan fingerprint density at radius 1 is 1.21 bits per heavy atom. The molecule has 0 spiro atoms. The monoisotopic (exact) mass is 391 g/mol. The summed E-state index contributed by atoms with van der Waals surface area (Å²) >= 11 is 0. The maximum absolute atomic E-state index is 15.2. The highest BCUT2D eigenvalue weighted by Gasteiger charge is 2.22. The number of nitrogens with one attached hydrogen (secondary N) is 1. The Kier molecular flexibility index (Phi) is 4.80. The summed E-state index contributed by atoms with van der Waals surface area (Å²) in [6.07, 6.45) is 3.21. The molecular weight excluding hydrogens is 369 g/mol. The van der Waals surface area contributed by atoms with E-state index in [1.54, 1.807) is 25.4 Å². The second-order valence-corrected chi connectivity index (χ2v) is 7.23. The molecule has 0 radical (unpaired) electrons. The number of H-pyrrole nitrogens is 1. The minimum Gasteiger partial charge on any atom is -0.493 e. The average molecular weight is 391 g/mol. The Bertz CT molecular complexity index is 1280. The number of nitrogens with two attached hydrogens (primary N) is 1. The lowest BCUT2D eigenvalue weighted by atomic mass is 9.92. The van der Waals surface area contributed by atoms with E-state index in [0.29, 0.717) is 39.3 Å². The molecule has 148 valence electrons. The van der Waals surface area contributed by atoms with Crippen molar-refractivity contribution in [2.75, 3.05) is 13.7 Å². The van der Waals surface area contributed by atoms with Crippen LogP contribution in [0.2, 0.25) is 0 Å². The molecule has 29 heavy (non-hydrogen) atoms. The summed E-state index contributed by atoms with van der Waals surface area (Å²) in [4.78, 5) is 19.6. The van der Waals surface area contributed by atoms with Crippen LogP contribution in [0.1, 0.15) is 24.0 Å². The van der Waals surface area contributed by atoms with Crippen molar-refractivity contribution >= 4 is 21.7 Å². The van der Waals surface area contributed by atoms with E-state index in [9.17, 15) is 4.79 Å². The topological polar surface area (TPSA) is 81.0 Å². The Hall–Kier alpha value is -3.25. The minimum absolute atomic E-state index is 0.145. The van der Waals surface area contributed by atoms with Gasteiger partial charge in [-0.3, -0.25) is 9.78 Å². The molecule has 2 aromatic carbocycles. The summed E-state index contributed by atoms with van der Waals surface area (Å²) in [5.41, 5.74) is 8.76. The van der Waals surface area contributed by atoms with Crippen LogP contribution < -0.4 is 16.0 Å². The molecule has 0 aliphatic heterocycles. The van der Waals surface area contributed by atoms with Crippen LogP contribution in [0.25, 0.3) is 32.8 Å². The van der Waals surface area contributed by atoms with Crippen LogP contribution in [0.4, 0.5) is 4.39 Å². The van der Waals surface area contributed by atoms with Crippen molar-refractivity contribution < 1.29 is 9.13 Å². The largest absolute Gasteiger partial charge is 0.493 e. The molecular formula is C23H22FN3O2. The number of nitrogens with zero attached hydrogens (tertiary/aromatic N) is 1. The van der Waals surface area contributed by atoms with Crippen molar-refractivity contribution in [3.05, 3.63) is 70.0 Å². The zero-order valence-electron chi connectivity index (χ0n) is 16.5. The first kappa shape index (κ1) is 19.1. The average Bonchev–Trinajstić information content (AvgIpc) is 2.76. The third-order valence-corrected chi connectivity index (χ3v) is 5.53. The summed E-state index contributed by atoms with van der Waals surface area (Å²) in [6, 6.07) is 9.50. The molecule has 6 heteroatoms. The zero-order valence-corrected chi connectivity index (χ0v) is 16.5. The van der Waals surface area contributed by atoms with Gasteiger partial charge in [0.05, 0.1) is 18.0 Å². The van der Waals surface area contributed by atoms with Gasteiger partial charge in [0.25, 0.3) is 5.56 Å². The summed E-state index contributed by atoms with van der Waals surface area (Å²) < 4.78 is 20.7. The number of fused-ring (bicyclic) bond motifs is 3. The van der Waals surface area contributed by atoms with Crippen molar-refractivity contribution in [2.24, 2.45) is 5.73 Å². The van der Waals surface area contributed by atoms with E-state index in [-0.39, 0.29) is 17.2 Å². The first-order chi connectivity index (χ1) is 14.0. The van der Waals surface area contributed by atoms with Crippen LogP contribution in [0.15, 0.2) is 47.5 Å². The van der Waals surface area contributed by atoms with Gasteiger partial charge >= 0.3 is 0 Å². The molecule has 0 aliphatic carbocycles. The zero-order chi connectivity index (χ0) is 20.7. The summed E-state index contributed by atoms with van der Waals surface area (Å²) in [5.74, 6) is -0.126. The number of methoxy groups -OCH3 is 1. The molecule has 0 fully saturated rings. The third-order valence-electron chi connectivity index (χ3n) is 5.53. The number of pyridine rings is 2. The number of aryl methyl sites for hydroxylation is 1. The van der Waals surface area contributed by atoms with Gasteiger partial charge in [-0.15, -0.1) is 0 Å². The Labute approximate surface area is 167 Å². The normalized spacial score (nSPS) is 12.4. The Morgan fingerprint density at radius 3 is 2.59 bits per heavy atom. The second-order valence-electron chi connectivity index (χ2n) is 7.23. The molecule has 4 rings (SSSR count). The van der Waals surface area contributed by atoms with Gasteiger partial charge in [-0.2, -0.15) is 0 Å².